The molecule has 0 radical (unpaired) electrons. The van der Waals surface area contributed by atoms with Crippen molar-refractivity contribution < 1.29 is 14.6 Å². The van der Waals surface area contributed by atoms with Gasteiger partial charge in [0.15, 0.2) is 0 Å². The first-order valence-corrected chi connectivity index (χ1v) is 6.97. The van der Waals surface area contributed by atoms with Crippen molar-refractivity contribution in [3.8, 4) is 11.5 Å². The van der Waals surface area contributed by atoms with Crippen LogP contribution in [0.2, 0.25) is 0 Å². The quantitative estimate of drug-likeness (QED) is 0.792. The lowest BCUT2D eigenvalue weighted by atomic mass is 10.0. The minimum absolute atomic E-state index is 0.424. The second kappa shape index (κ2) is 6.60. The number of nitrogens with one attached hydrogen (secondary N) is 1. The van der Waals surface area contributed by atoms with E-state index in [4.69, 9.17) is 15.6 Å². The number of benzene rings is 2. The molecule has 0 heterocycles. The van der Waals surface area contributed by atoms with Crippen LogP contribution >= 0.6 is 0 Å². The Bertz CT molecular complexity index is 654. The minimum Gasteiger partial charge on any atom is -0.457 e. The first kappa shape index (κ1) is 16.0. The van der Waals surface area contributed by atoms with E-state index in [1.165, 1.54) is 6.92 Å². The van der Waals surface area contributed by atoms with Gasteiger partial charge in [-0.3, -0.25) is 4.79 Å². The zero-order valence-corrected chi connectivity index (χ0v) is 12.7. The Hall–Kier alpha value is -2.37. The van der Waals surface area contributed by atoms with Crippen molar-refractivity contribution in [3.63, 3.8) is 0 Å². The van der Waals surface area contributed by atoms with Gasteiger partial charge >= 0.3 is 0 Å². The van der Waals surface area contributed by atoms with Crippen molar-refractivity contribution in [1.29, 1.82) is 0 Å². The molecule has 0 aliphatic carbocycles. The number of aliphatic hydroxyl groups is 1. The molecule has 0 bridgehead atoms. The average Bonchev–Trinajstić information content (AvgIpc) is 2.51. The van der Waals surface area contributed by atoms with Gasteiger partial charge in [0.25, 0.3) is 0 Å². The minimum atomic E-state index is -1.31. The number of anilines is 1. The molecule has 5 nitrogen and oxygen atoms in total. The molecule has 4 N–H and O–H groups in total. The van der Waals surface area contributed by atoms with Gasteiger partial charge in [0.2, 0.25) is 5.91 Å². The smallest absolute Gasteiger partial charge is 0.246 e. The number of ether oxygens (including phenoxy) is 1. The van der Waals surface area contributed by atoms with Crippen molar-refractivity contribution in [2.45, 2.75) is 19.4 Å². The van der Waals surface area contributed by atoms with Gasteiger partial charge in [0, 0.05) is 5.69 Å². The monoisotopic (exact) mass is 300 g/mol. The van der Waals surface area contributed by atoms with Crippen molar-refractivity contribution in [3.05, 3.63) is 54.1 Å². The van der Waals surface area contributed by atoms with E-state index in [-0.39, 0.29) is 0 Å². The van der Waals surface area contributed by atoms with Gasteiger partial charge in [-0.2, -0.15) is 0 Å². The van der Waals surface area contributed by atoms with Crippen molar-refractivity contribution in [2.24, 2.45) is 5.73 Å². The van der Waals surface area contributed by atoms with Crippen LogP contribution in [0.4, 0.5) is 5.69 Å². The van der Waals surface area contributed by atoms with Crippen LogP contribution in [-0.4, -0.2) is 23.2 Å². The molecule has 5 heteroatoms. The van der Waals surface area contributed by atoms with E-state index in [9.17, 15) is 4.79 Å². The van der Waals surface area contributed by atoms with Gasteiger partial charge in [-0.15, -0.1) is 0 Å². The summed E-state index contributed by atoms with van der Waals surface area (Å²) < 4.78 is 5.78. The van der Waals surface area contributed by atoms with Crippen LogP contribution in [-0.2, 0) is 4.79 Å². The second-order valence-electron chi connectivity index (χ2n) is 5.43. The Morgan fingerprint density at radius 1 is 1.27 bits per heavy atom. The molecule has 0 spiro atoms. The van der Waals surface area contributed by atoms with Crippen molar-refractivity contribution in [2.75, 3.05) is 11.9 Å². The van der Waals surface area contributed by atoms with Gasteiger partial charge in [-0.05, 0) is 49.7 Å². The molecule has 2 aromatic carbocycles. The highest BCUT2D eigenvalue weighted by molar-refractivity contribution is 5.97. The second-order valence-corrected chi connectivity index (χ2v) is 5.43. The van der Waals surface area contributed by atoms with Gasteiger partial charge in [0.05, 0.1) is 6.61 Å². The van der Waals surface area contributed by atoms with E-state index >= 15 is 0 Å². The Morgan fingerprint density at radius 3 is 2.55 bits per heavy atom. The third-order valence-corrected chi connectivity index (χ3v) is 3.25. The zero-order chi connectivity index (χ0) is 16.2. The van der Waals surface area contributed by atoms with Crippen LogP contribution in [0.15, 0.2) is 48.5 Å². The standard InChI is InChI=1S/C17H20N2O3/c1-12-10-13(19-16(21)17(2,18)11-20)8-9-15(12)22-14-6-4-3-5-7-14/h3-10,20H,11,18H2,1-2H3,(H,19,21). The molecule has 0 aliphatic rings. The molecule has 2 rings (SSSR count). The number of aliphatic hydroxyl groups excluding tert-OH is 1. The highest BCUT2D eigenvalue weighted by atomic mass is 16.5. The number of carbonyl (C=O) groups is 1. The molecule has 1 unspecified atom stereocenters. The maximum Gasteiger partial charge on any atom is 0.246 e. The van der Waals surface area contributed by atoms with Crippen LogP contribution < -0.4 is 15.8 Å². The summed E-state index contributed by atoms with van der Waals surface area (Å²) in [6.45, 7) is 2.94. The van der Waals surface area contributed by atoms with Crippen LogP contribution in [0.1, 0.15) is 12.5 Å². The molecule has 1 atom stereocenters. The summed E-state index contributed by atoms with van der Waals surface area (Å²) >= 11 is 0. The van der Waals surface area contributed by atoms with E-state index in [0.717, 1.165) is 11.3 Å². The highest BCUT2D eigenvalue weighted by Gasteiger charge is 2.27. The Balaban J connectivity index is 2.11. The summed E-state index contributed by atoms with van der Waals surface area (Å²) in [5.41, 5.74) is 5.86. The van der Waals surface area contributed by atoms with Crippen LogP contribution in [0.3, 0.4) is 0 Å². The summed E-state index contributed by atoms with van der Waals surface area (Å²) in [5, 5.41) is 11.8. The normalized spacial score (nSPS) is 13.3. The molecular formula is C17H20N2O3. The summed E-state index contributed by atoms with van der Waals surface area (Å²) in [6.07, 6.45) is 0. The SMILES string of the molecule is Cc1cc(NC(=O)C(C)(N)CO)ccc1Oc1ccccc1. The van der Waals surface area contributed by atoms with Crippen LogP contribution in [0.5, 0.6) is 11.5 Å². The zero-order valence-electron chi connectivity index (χ0n) is 12.7. The number of hydrogen-bond donors (Lipinski definition) is 3. The Labute approximate surface area is 129 Å². The lowest BCUT2D eigenvalue weighted by Gasteiger charge is -2.21. The maximum absolute atomic E-state index is 11.9. The number of carbonyl (C=O) groups excluding carboxylic acids is 1. The lowest BCUT2D eigenvalue weighted by Crippen LogP contribution is -2.51. The number of aryl methyl sites for hydroxylation is 1. The Morgan fingerprint density at radius 2 is 1.95 bits per heavy atom. The molecule has 22 heavy (non-hydrogen) atoms. The topological polar surface area (TPSA) is 84.6 Å². The Kier molecular flexibility index (Phi) is 4.80. The first-order valence-electron chi connectivity index (χ1n) is 6.97. The molecular weight excluding hydrogens is 280 g/mol. The fourth-order valence-corrected chi connectivity index (χ4v) is 1.80. The summed E-state index contributed by atoms with van der Waals surface area (Å²) in [5.74, 6) is 1.02. The molecule has 0 aliphatic heterocycles. The van der Waals surface area contributed by atoms with Gasteiger partial charge < -0.3 is 20.9 Å². The molecule has 0 saturated carbocycles. The predicted molar refractivity (Wildman–Crippen MR) is 86.0 cm³/mol. The maximum atomic E-state index is 11.9. The molecule has 116 valence electrons. The molecule has 1 amide bonds. The van der Waals surface area contributed by atoms with Gasteiger partial charge in [0.1, 0.15) is 17.0 Å². The first-order chi connectivity index (χ1) is 10.4. The molecule has 0 fully saturated rings. The van der Waals surface area contributed by atoms with Crippen molar-refractivity contribution in [1.82, 2.24) is 0 Å². The summed E-state index contributed by atoms with van der Waals surface area (Å²) in [6, 6.07) is 14.8. The molecule has 0 aromatic heterocycles. The molecule has 2 aromatic rings. The van der Waals surface area contributed by atoms with Gasteiger partial charge in [-0.1, -0.05) is 18.2 Å². The van der Waals surface area contributed by atoms with Gasteiger partial charge in [-0.25, -0.2) is 0 Å². The van der Waals surface area contributed by atoms with E-state index < -0.39 is 18.1 Å². The third-order valence-electron chi connectivity index (χ3n) is 3.25. The predicted octanol–water partition coefficient (Wildman–Crippen LogP) is 2.44. The summed E-state index contributed by atoms with van der Waals surface area (Å²) in [4.78, 5) is 11.9. The fraction of sp³-hybridized carbons (Fsp3) is 0.235. The summed E-state index contributed by atoms with van der Waals surface area (Å²) in [7, 11) is 0. The van der Waals surface area contributed by atoms with Crippen LogP contribution in [0.25, 0.3) is 0 Å². The van der Waals surface area contributed by atoms with Crippen molar-refractivity contribution >= 4 is 11.6 Å². The number of rotatable bonds is 5. The average molecular weight is 300 g/mol. The molecule has 0 saturated heterocycles. The fourth-order valence-electron chi connectivity index (χ4n) is 1.80. The number of nitrogens with two attached hydrogens (primary N) is 1. The highest BCUT2D eigenvalue weighted by Crippen LogP contribution is 2.27. The number of hydrogen-bond acceptors (Lipinski definition) is 4. The van der Waals surface area contributed by atoms with E-state index in [1.807, 2.05) is 37.3 Å². The van der Waals surface area contributed by atoms with Crippen LogP contribution in [0, 0.1) is 6.92 Å². The largest absolute Gasteiger partial charge is 0.457 e. The third kappa shape index (κ3) is 3.84. The van der Waals surface area contributed by atoms with E-state index in [2.05, 4.69) is 5.32 Å². The number of para-hydroxylation sites is 1. The van der Waals surface area contributed by atoms with E-state index in [1.54, 1.807) is 18.2 Å². The van der Waals surface area contributed by atoms with E-state index in [0.29, 0.717) is 11.4 Å². The lowest BCUT2D eigenvalue weighted by molar-refractivity contribution is -0.121. The number of amides is 1.